The molecule has 6 heteroatoms. The maximum absolute atomic E-state index is 12.8. The summed E-state index contributed by atoms with van der Waals surface area (Å²) in [5, 5.41) is 13.7. The fourth-order valence-electron chi connectivity index (χ4n) is 3.06. The zero-order valence-electron chi connectivity index (χ0n) is 13.1. The number of piperidine rings is 1. The second-order valence-corrected chi connectivity index (χ2v) is 6.06. The zero-order valence-corrected chi connectivity index (χ0v) is 13.1. The summed E-state index contributed by atoms with van der Waals surface area (Å²) in [5.41, 5.74) is 1.33. The van der Waals surface area contributed by atoms with Crippen molar-refractivity contribution in [1.82, 2.24) is 14.7 Å². The normalized spacial score (nSPS) is 22.4. The first kappa shape index (κ1) is 15.5. The van der Waals surface area contributed by atoms with Crippen molar-refractivity contribution in [3.8, 4) is 0 Å². The monoisotopic (exact) mass is 293 g/mol. The molecule has 1 unspecified atom stereocenters. The van der Waals surface area contributed by atoms with Crippen molar-refractivity contribution in [3.63, 3.8) is 0 Å². The summed E-state index contributed by atoms with van der Waals surface area (Å²) in [7, 11) is 0. The van der Waals surface area contributed by atoms with E-state index in [0.29, 0.717) is 37.2 Å². The number of likely N-dealkylation sites (tertiary alicyclic amines) is 1. The van der Waals surface area contributed by atoms with Gasteiger partial charge in [0.1, 0.15) is 0 Å². The van der Waals surface area contributed by atoms with Crippen molar-refractivity contribution < 1.29 is 14.7 Å². The SMILES string of the molecule is CCn1nc(C)c(C(=O)N2CCCC(C)(C(=O)O)C2)c1C. The molecule has 0 saturated carbocycles. The van der Waals surface area contributed by atoms with E-state index in [1.54, 1.807) is 11.8 Å². The fourth-order valence-corrected chi connectivity index (χ4v) is 3.06. The predicted molar refractivity (Wildman–Crippen MR) is 78.3 cm³/mol. The van der Waals surface area contributed by atoms with Crippen molar-refractivity contribution in [2.24, 2.45) is 5.41 Å². The van der Waals surface area contributed by atoms with Crippen molar-refractivity contribution in [1.29, 1.82) is 0 Å². The van der Waals surface area contributed by atoms with E-state index < -0.39 is 11.4 Å². The molecule has 21 heavy (non-hydrogen) atoms. The molecule has 1 aromatic rings. The molecule has 0 spiro atoms. The number of carbonyl (C=O) groups is 2. The van der Waals surface area contributed by atoms with Gasteiger partial charge in [0.2, 0.25) is 0 Å². The van der Waals surface area contributed by atoms with Crippen LogP contribution in [0.25, 0.3) is 0 Å². The third kappa shape index (κ3) is 2.66. The van der Waals surface area contributed by atoms with Crippen LogP contribution in [-0.4, -0.2) is 44.8 Å². The molecule has 116 valence electrons. The van der Waals surface area contributed by atoms with Crippen LogP contribution in [0.4, 0.5) is 0 Å². The van der Waals surface area contributed by atoms with Crippen LogP contribution in [0.5, 0.6) is 0 Å². The minimum Gasteiger partial charge on any atom is -0.481 e. The van der Waals surface area contributed by atoms with E-state index in [1.165, 1.54) is 0 Å². The molecule has 6 nitrogen and oxygen atoms in total. The number of aromatic nitrogens is 2. The molecule has 2 heterocycles. The summed E-state index contributed by atoms with van der Waals surface area (Å²) in [6, 6.07) is 0. The van der Waals surface area contributed by atoms with Crippen molar-refractivity contribution in [2.75, 3.05) is 13.1 Å². The minimum atomic E-state index is -0.851. The van der Waals surface area contributed by atoms with Gasteiger partial charge in [-0.1, -0.05) is 0 Å². The van der Waals surface area contributed by atoms with Gasteiger partial charge in [-0.15, -0.1) is 0 Å². The van der Waals surface area contributed by atoms with Crippen LogP contribution in [0.3, 0.4) is 0 Å². The summed E-state index contributed by atoms with van der Waals surface area (Å²) in [6.45, 7) is 8.99. The molecule has 1 aliphatic rings. The highest BCUT2D eigenvalue weighted by Gasteiger charge is 2.40. The molecule has 0 aromatic carbocycles. The van der Waals surface area contributed by atoms with Gasteiger partial charge in [0.15, 0.2) is 0 Å². The van der Waals surface area contributed by atoms with E-state index in [2.05, 4.69) is 5.10 Å². The summed E-state index contributed by atoms with van der Waals surface area (Å²) >= 11 is 0. The van der Waals surface area contributed by atoms with Crippen LogP contribution in [-0.2, 0) is 11.3 Å². The Morgan fingerprint density at radius 3 is 2.57 bits per heavy atom. The maximum Gasteiger partial charge on any atom is 0.311 e. The van der Waals surface area contributed by atoms with Gasteiger partial charge in [-0.05, 0) is 40.5 Å². The van der Waals surface area contributed by atoms with Gasteiger partial charge >= 0.3 is 5.97 Å². The molecule has 1 atom stereocenters. The first-order chi connectivity index (χ1) is 9.80. The lowest BCUT2D eigenvalue weighted by Gasteiger charge is -2.37. The molecule has 2 rings (SSSR count). The molecule has 0 radical (unpaired) electrons. The standard InChI is InChI=1S/C15H23N3O3/c1-5-18-11(3)12(10(2)16-18)13(19)17-8-6-7-15(4,9-17)14(20)21/h5-9H2,1-4H3,(H,20,21). The molecule has 1 saturated heterocycles. The molecule has 1 amide bonds. The van der Waals surface area contributed by atoms with E-state index >= 15 is 0 Å². The largest absolute Gasteiger partial charge is 0.481 e. The summed E-state index contributed by atoms with van der Waals surface area (Å²) in [4.78, 5) is 25.8. The van der Waals surface area contributed by atoms with Crippen LogP contribution in [0.2, 0.25) is 0 Å². The first-order valence-electron chi connectivity index (χ1n) is 7.37. The van der Waals surface area contributed by atoms with Gasteiger partial charge < -0.3 is 10.0 Å². The fraction of sp³-hybridized carbons (Fsp3) is 0.667. The number of hydrogen-bond acceptors (Lipinski definition) is 3. The Balaban J connectivity index is 2.28. The van der Waals surface area contributed by atoms with Crippen molar-refractivity contribution in [2.45, 2.75) is 47.1 Å². The molecule has 1 aliphatic heterocycles. The number of aryl methyl sites for hydroxylation is 2. The van der Waals surface area contributed by atoms with E-state index in [-0.39, 0.29) is 12.5 Å². The lowest BCUT2D eigenvalue weighted by molar-refractivity contribution is -0.150. The molecular formula is C15H23N3O3. The molecular weight excluding hydrogens is 270 g/mol. The van der Waals surface area contributed by atoms with Crippen molar-refractivity contribution in [3.05, 3.63) is 17.0 Å². The van der Waals surface area contributed by atoms with Gasteiger partial charge in [0, 0.05) is 25.3 Å². The Labute approximate surface area is 124 Å². The van der Waals surface area contributed by atoms with Gasteiger partial charge in [-0.3, -0.25) is 14.3 Å². The number of hydrogen-bond donors (Lipinski definition) is 1. The number of aliphatic carboxylic acids is 1. The average molecular weight is 293 g/mol. The number of carbonyl (C=O) groups excluding carboxylic acids is 1. The second kappa shape index (κ2) is 5.50. The van der Waals surface area contributed by atoms with Gasteiger partial charge in [0.05, 0.1) is 16.7 Å². The number of carboxylic acids is 1. The number of nitrogens with zero attached hydrogens (tertiary/aromatic N) is 3. The second-order valence-electron chi connectivity index (χ2n) is 6.06. The van der Waals surface area contributed by atoms with E-state index in [1.807, 2.05) is 25.5 Å². The van der Waals surface area contributed by atoms with Crippen LogP contribution in [0, 0.1) is 19.3 Å². The van der Waals surface area contributed by atoms with Crippen molar-refractivity contribution >= 4 is 11.9 Å². The lowest BCUT2D eigenvalue weighted by Crippen LogP contribution is -2.48. The van der Waals surface area contributed by atoms with Crippen LogP contribution in [0.1, 0.15) is 48.4 Å². The molecule has 1 aromatic heterocycles. The number of carboxylic acid groups (broad SMARTS) is 1. The topological polar surface area (TPSA) is 75.4 Å². The van der Waals surface area contributed by atoms with Gasteiger partial charge in [0.25, 0.3) is 5.91 Å². The Morgan fingerprint density at radius 1 is 1.38 bits per heavy atom. The molecule has 0 bridgehead atoms. The minimum absolute atomic E-state index is 0.100. The highest BCUT2D eigenvalue weighted by Crippen LogP contribution is 2.31. The highest BCUT2D eigenvalue weighted by atomic mass is 16.4. The zero-order chi connectivity index (χ0) is 15.8. The Kier molecular flexibility index (Phi) is 4.07. The summed E-state index contributed by atoms with van der Waals surface area (Å²) < 4.78 is 1.81. The highest BCUT2D eigenvalue weighted by molar-refractivity contribution is 5.96. The predicted octanol–water partition coefficient (Wildman–Crippen LogP) is 1.85. The molecule has 1 fully saturated rings. The maximum atomic E-state index is 12.8. The van der Waals surface area contributed by atoms with E-state index in [0.717, 1.165) is 5.69 Å². The lowest BCUT2D eigenvalue weighted by atomic mass is 9.82. The van der Waals surface area contributed by atoms with Gasteiger partial charge in [-0.25, -0.2) is 0 Å². The summed E-state index contributed by atoms with van der Waals surface area (Å²) in [6.07, 6.45) is 1.33. The van der Waals surface area contributed by atoms with E-state index in [9.17, 15) is 14.7 Å². The van der Waals surface area contributed by atoms with Crippen LogP contribution >= 0.6 is 0 Å². The quantitative estimate of drug-likeness (QED) is 0.922. The number of rotatable bonds is 3. The summed E-state index contributed by atoms with van der Waals surface area (Å²) in [5.74, 6) is -0.936. The van der Waals surface area contributed by atoms with E-state index in [4.69, 9.17) is 0 Å². The molecule has 0 aliphatic carbocycles. The first-order valence-corrected chi connectivity index (χ1v) is 7.37. The third-order valence-corrected chi connectivity index (χ3v) is 4.39. The average Bonchev–Trinajstić information content (AvgIpc) is 2.72. The van der Waals surface area contributed by atoms with Crippen LogP contribution < -0.4 is 0 Å². The smallest absolute Gasteiger partial charge is 0.311 e. The third-order valence-electron chi connectivity index (χ3n) is 4.39. The van der Waals surface area contributed by atoms with Gasteiger partial charge in [-0.2, -0.15) is 5.10 Å². The number of amides is 1. The Bertz CT molecular complexity index is 579. The Morgan fingerprint density at radius 2 is 2.05 bits per heavy atom. The molecule has 1 N–H and O–H groups in total. The Hall–Kier alpha value is -1.85. The van der Waals surface area contributed by atoms with Crippen LogP contribution in [0.15, 0.2) is 0 Å².